The summed E-state index contributed by atoms with van der Waals surface area (Å²) < 4.78 is 35.6. The third-order valence-electron chi connectivity index (χ3n) is 6.15. The second kappa shape index (κ2) is 19.4. The zero-order chi connectivity index (χ0) is 31.1. The van der Waals surface area contributed by atoms with Gasteiger partial charge in [-0.15, -0.1) is 0 Å². The van der Waals surface area contributed by atoms with Gasteiger partial charge in [0.1, 0.15) is 12.6 Å². The molecule has 2 aromatic heterocycles. The van der Waals surface area contributed by atoms with Crippen LogP contribution in [0.3, 0.4) is 0 Å². The summed E-state index contributed by atoms with van der Waals surface area (Å²) in [6.45, 7) is 11.9. The quantitative estimate of drug-likeness (QED) is 0.130. The highest BCUT2D eigenvalue weighted by atomic mass is 31.2. The van der Waals surface area contributed by atoms with E-state index >= 15 is 0 Å². The summed E-state index contributed by atoms with van der Waals surface area (Å²) in [5.74, 6) is 0.283. The van der Waals surface area contributed by atoms with Crippen molar-refractivity contribution in [2.45, 2.75) is 86.5 Å². The molecule has 1 aromatic carbocycles. The molecule has 43 heavy (non-hydrogen) atoms. The third kappa shape index (κ3) is 12.3. The topological polar surface area (TPSA) is 159 Å². The molecule has 0 saturated heterocycles. The molecule has 242 valence electrons. The Morgan fingerprint density at radius 1 is 1.05 bits per heavy atom. The minimum atomic E-state index is -3.71. The fraction of sp³-hybridized carbons (Fsp3) is 0.586. The fourth-order valence-electron chi connectivity index (χ4n) is 3.83. The minimum Gasteiger partial charge on any atom is -0.354 e. The summed E-state index contributed by atoms with van der Waals surface area (Å²) >= 11 is 0. The van der Waals surface area contributed by atoms with Crippen LogP contribution in [0.25, 0.3) is 11.2 Å². The van der Waals surface area contributed by atoms with E-state index < -0.39 is 19.9 Å². The smallest absolute Gasteiger partial charge is 0.330 e. The number of rotatable bonds is 15. The number of nitrogens with one attached hydrogen (secondary N) is 2. The first-order valence-corrected chi connectivity index (χ1v) is 15.9. The molecule has 2 heterocycles. The van der Waals surface area contributed by atoms with E-state index in [1.807, 2.05) is 44.2 Å². The molecule has 0 saturated carbocycles. The summed E-state index contributed by atoms with van der Waals surface area (Å²) in [5, 5.41) is 5.25. The highest BCUT2D eigenvalue weighted by Crippen LogP contribution is 2.43. The molecule has 0 fully saturated rings. The van der Waals surface area contributed by atoms with Crippen LogP contribution in [0, 0.1) is 0 Å². The van der Waals surface area contributed by atoms with Crippen molar-refractivity contribution in [2.24, 2.45) is 0 Å². The Morgan fingerprint density at radius 2 is 1.74 bits per heavy atom. The molecular weight excluding hydrogens is 575 g/mol. The molecule has 0 bridgehead atoms. The maximum Gasteiger partial charge on any atom is 0.330 e. The standard InChI is InChI=1S/C16H27N6O5P.C12H18O2.CH4/c1-5-12(8-28(24,25)26-7-3)27-11(4)22-10-20-13-14(18-9-19-15(13)22)21-16(23)17-6-2;1-4-10(2)14-12(13-3)11-8-6-5-7-9-11;/h9-12H,5-8H2,1-4H3,(H,24,25)(H2,17,18,19,21,23);5-10,12H,4H2,1-3H3;1H4/t;10-,12+;/m.1./s1. The minimum absolute atomic E-state index is 0. The molecular formula is C29H49N6O7P. The van der Waals surface area contributed by atoms with Gasteiger partial charge in [-0.3, -0.25) is 14.4 Å². The van der Waals surface area contributed by atoms with Crippen LogP contribution in [0.5, 0.6) is 0 Å². The van der Waals surface area contributed by atoms with Gasteiger partial charge in [-0.05, 0) is 40.5 Å². The van der Waals surface area contributed by atoms with Crippen molar-refractivity contribution in [3.63, 3.8) is 0 Å². The molecule has 2 amide bonds. The van der Waals surface area contributed by atoms with Crippen LogP contribution in [0.15, 0.2) is 43.0 Å². The van der Waals surface area contributed by atoms with Crippen molar-refractivity contribution in [3.05, 3.63) is 48.5 Å². The SMILES string of the molecule is C.CCNC(=O)Nc1ncnc2c1ncn2C(C)OC(CC)CP(=O)(O)OCC.CC[C@@H](C)O[C@H](OC)c1ccccc1. The summed E-state index contributed by atoms with van der Waals surface area (Å²) in [7, 11) is -2.04. The highest BCUT2D eigenvalue weighted by molar-refractivity contribution is 7.52. The number of nitrogens with zero attached hydrogens (tertiary/aromatic N) is 4. The summed E-state index contributed by atoms with van der Waals surface area (Å²) in [4.78, 5) is 34.2. The lowest BCUT2D eigenvalue weighted by molar-refractivity contribution is -0.155. The molecule has 3 rings (SSSR count). The Bertz CT molecular complexity index is 1260. The number of fused-ring (bicyclic) bond motifs is 1. The maximum atomic E-state index is 12.0. The lowest BCUT2D eigenvalue weighted by atomic mass is 10.2. The number of anilines is 1. The maximum absolute atomic E-state index is 12.0. The number of hydrogen-bond donors (Lipinski definition) is 3. The Hall–Kier alpha value is -2.93. The van der Waals surface area contributed by atoms with Crippen molar-refractivity contribution < 1.29 is 33.0 Å². The monoisotopic (exact) mass is 624 g/mol. The average molecular weight is 625 g/mol. The Morgan fingerprint density at radius 3 is 2.33 bits per heavy atom. The number of carbonyl (C=O) groups is 1. The van der Waals surface area contributed by atoms with Gasteiger partial charge >= 0.3 is 13.6 Å². The lowest BCUT2D eigenvalue weighted by Gasteiger charge is -2.24. The number of ether oxygens (including phenoxy) is 3. The van der Waals surface area contributed by atoms with E-state index in [0.29, 0.717) is 24.1 Å². The number of hydrogen-bond acceptors (Lipinski definition) is 9. The van der Waals surface area contributed by atoms with Crippen molar-refractivity contribution in [2.75, 3.05) is 31.7 Å². The normalized spacial score (nSPS) is 15.2. The van der Waals surface area contributed by atoms with Crippen molar-refractivity contribution in [3.8, 4) is 0 Å². The molecule has 3 N–H and O–H groups in total. The van der Waals surface area contributed by atoms with E-state index in [0.717, 1.165) is 12.0 Å². The van der Waals surface area contributed by atoms with Crippen LogP contribution in [0.2, 0.25) is 0 Å². The van der Waals surface area contributed by atoms with Gasteiger partial charge in [0.05, 0.1) is 31.3 Å². The molecule has 0 aliphatic carbocycles. The highest BCUT2D eigenvalue weighted by Gasteiger charge is 2.27. The Labute approximate surface area is 255 Å². The second-order valence-electron chi connectivity index (χ2n) is 9.37. The number of methoxy groups -OCH3 is 1. The molecule has 0 spiro atoms. The van der Waals surface area contributed by atoms with Gasteiger partial charge in [0.15, 0.2) is 23.3 Å². The zero-order valence-corrected chi connectivity index (χ0v) is 26.4. The van der Waals surface area contributed by atoms with Crippen LogP contribution < -0.4 is 10.6 Å². The Balaban J connectivity index is 0.000000519. The van der Waals surface area contributed by atoms with Gasteiger partial charge in [0.2, 0.25) is 0 Å². The van der Waals surface area contributed by atoms with Crippen LogP contribution in [0.4, 0.5) is 10.6 Å². The Kier molecular flexibility index (Phi) is 17.2. The molecule has 0 aliphatic heterocycles. The summed E-state index contributed by atoms with van der Waals surface area (Å²) in [6.07, 6.45) is 3.26. The number of aromatic nitrogens is 4. The predicted octanol–water partition coefficient (Wildman–Crippen LogP) is 6.29. The van der Waals surface area contributed by atoms with Crippen molar-refractivity contribution >= 4 is 30.6 Å². The number of urea groups is 1. The number of amides is 2. The first-order chi connectivity index (χ1) is 20.1. The third-order valence-corrected chi connectivity index (χ3v) is 7.68. The van der Waals surface area contributed by atoms with Crippen LogP contribution >= 0.6 is 7.60 Å². The van der Waals surface area contributed by atoms with Gasteiger partial charge in [-0.1, -0.05) is 51.6 Å². The van der Waals surface area contributed by atoms with Crippen molar-refractivity contribution in [1.29, 1.82) is 0 Å². The number of benzene rings is 1. The molecule has 13 nitrogen and oxygen atoms in total. The van der Waals surface area contributed by atoms with Gasteiger partial charge in [0, 0.05) is 19.2 Å². The van der Waals surface area contributed by atoms with Gasteiger partial charge in [-0.25, -0.2) is 19.7 Å². The van der Waals surface area contributed by atoms with Crippen LogP contribution in [-0.4, -0.2) is 69.1 Å². The molecule has 14 heteroatoms. The van der Waals surface area contributed by atoms with Crippen LogP contribution in [0.1, 0.15) is 79.9 Å². The van der Waals surface area contributed by atoms with E-state index in [-0.39, 0.29) is 44.4 Å². The van der Waals surface area contributed by atoms with E-state index in [4.69, 9.17) is 18.7 Å². The number of carbonyl (C=O) groups excluding carboxylic acids is 1. The zero-order valence-electron chi connectivity index (χ0n) is 25.5. The first-order valence-electron chi connectivity index (χ1n) is 14.2. The van der Waals surface area contributed by atoms with E-state index in [2.05, 4.69) is 39.4 Å². The van der Waals surface area contributed by atoms with Crippen molar-refractivity contribution in [1.82, 2.24) is 24.8 Å². The second-order valence-corrected chi connectivity index (χ2v) is 11.3. The van der Waals surface area contributed by atoms with Gasteiger partial charge in [-0.2, -0.15) is 0 Å². The van der Waals surface area contributed by atoms with E-state index in [9.17, 15) is 14.3 Å². The van der Waals surface area contributed by atoms with Crippen LogP contribution in [-0.2, 0) is 23.3 Å². The largest absolute Gasteiger partial charge is 0.354 e. The fourth-order valence-corrected chi connectivity index (χ4v) is 5.20. The first kappa shape index (κ1) is 38.1. The molecule has 5 atom stereocenters. The van der Waals surface area contributed by atoms with E-state index in [1.54, 1.807) is 25.5 Å². The average Bonchev–Trinajstić information content (AvgIpc) is 3.41. The lowest BCUT2D eigenvalue weighted by Crippen LogP contribution is -2.28. The number of imidazole rings is 1. The predicted molar refractivity (Wildman–Crippen MR) is 168 cm³/mol. The van der Waals surface area contributed by atoms with Gasteiger partial charge < -0.3 is 28.9 Å². The van der Waals surface area contributed by atoms with E-state index in [1.165, 1.54) is 12.7 Å². The summed E-state index contributed by atoms with van der Waals surface area (Å²) in [5.41, 5.74) is 1.95. The molecule has 3 unspecified atom stereocenters. The molecule has 0 aliphatic rings. The molecule has 0 radical (unpaired) electrons. The summed E-state index contributed by atoms with van der Waals surface area (Å²) in [6, 6.07) is 9.59. The van der Waals surface area contributed by atoms with Gasteiger partial charge in [0.25, 0.3) is 0 Å². The molecule has 3 aromatic rings.